The molecule has 1 saturated heterocycles. The minimum Gasteiger partial charge on any atom is -0.337 e. The van der Waals surface area contributed by atoms with Crippen molar-refractivity contribution in [2.24, 2.45) is 0 Å². The Labute approximate surface area is 100 Å². The van der Waals surface area contributed by atoms with Gasteiger partial charge in [-0.1, -0.05) is 13.3 Å². The number of carbonyl (C=O) groups is 1. The van der Waals surface area contributed by atoms with Gasteiger partial charge in [-0.25, -0.2) is 4.68 Å². The van der Waals surface area contributed by atoms with Gasteiger partial charge in [0.1, 0.15) is 5.69 Å². The average Bonchev–Trinajstić information content (AvgIpc) is 2.25. The third-order valence-corrected chi connectivity index (χ3v) is 2.95. The van der Waals surface area contributed by atoms with Crippen molar-refractivity contribution in [1.29, 1.82) is 0 Å². The van der Waals surface area contributed by atoms with Crippen molar-refractivity contribution in [2.75, 3.05) is 13.1 Å². The van der Waals surface area contributed by atoms with E-state index in [2.05, 4.69) is 12.0 Å². The van der Waals surface area contributed by atoms with E-state index in [1.165, 1.54) is 16.8 Å². The molecular formula is C12H17N3O2. The van der Waals surface area contributed by atoms with Crippen LogP contribution in [0, 0.1) is 0 Å². The number of likely N-dealkylation sites (tertiary alicyclic amines) is 1. The highest BCUT2D eigenvalue weighted by Crippen LogP contribution is 2.09. The molecule has 2 heterocycles. The Morgan fingerprint density at radius 3 is 2.76 bits per heavy atom. The molecule has 5 heteroatoms. The molecule has 1 aromatic heterocycles. The third kappa shape index (κ3) is 2.54. The second-order valence-electron chi connectivity index (χ2n) is 4.28. The molecule has 1 aliphatic heterocycles. The summed E-state index contributed by atoms with van der Waals surface area (Å²) >= 11 is 0. The van der Waals surface area contributed by atoms with E-state index in [1.807, 2.05) is 0 Å². The molecule has 17 heavy (non-hydrogen) atoms. The van der Waals surface area contributed by atoms with Crippen molar-refractivity contribution < 1.29 is 4.79 Å². The Balaban J connectivity index is 2.17. The zero-order chi connectivity index (χ0) is 12.3. The van der Waals surface area contributed by atoms with Gasteiger partial charge in [0.05, 0.1) is 0 Å². The SMILES string of the molecule is CCCCn1nc(C(=O)N2CCC2)ccc1=O. The maximum Gasteiger partial charge on any atom is 0.274 e. The quantitative estimate of drug-likeness (QED) is 0.778. The summed E-state index contributed by atoms with van der Waals surface area (Å²) in [6.07, 6.45) is 2.95. The van der Waals surface area contributed by atoms with Crippen molar-refractivity contribution in [3.63, 3.8) is 0 Å². The lowest BCUT2D eigenvalue weighted by Gasteiger charge is -2.30. The minimum absolute atomic E-state index is 0.0681. The Morgan fingerprint density at radius 2 is 2.18 bits per heavy atom. The van der Waals surface area contributed by atoms with Gasteiger partial charge >= 0.3 is 0 Å². The smallest absolute Gasteiger partial charge is 0.274 e. The molecule has 1 aromatic rings. The summed E-state index contributed by atoms with van der Waals surface area (Å²) in [6.45, 7) is 4.24. The predicted molar refractivity (Wildman–Crippen MR) is 63.9 cm³/mol. The molecule has 0 radical (unpaired) electrons. The van der Waals surface area contributed by atoms with E-state index in [0.29, 0.717) is 12.2 Å². The van der Waals surface area contributed by atoms with Crippen LogP contribution in [0.3, 0.4) is 0 Å². The fraction of sp³-hybridized carbons (Fsp3) is 0.583. The van der Waals surface area contributed by atoms with Crippen LogP contribution in [0.4, 0.5) is 0 Å². The number of aryl methyl sites for hydroxylation is 1. The molecule has 2 rings (SSSR count). The molecular weight excluding hydrogens is 218 g/mol. The minimum atomic E-state index is -0.140. The topological polar surface area (TPSA) is 55.2 Å². The molecule has 0 aliphatic carbocycles. The van der Waals surface area contributed by atoms with Gasteiger partial charge < -0.3 is 4.90 Å². The number of unbranched alkanes of at least 4 members (excludes halogenated alkanes) is 1. The maximum absolute atomic E-state index is 11.9. The molecule has 0 atom stereocenters. The Kier molecular flexibility index (Phi) is 3.56. The van der Waals surface area contributed by atoms with E-state index in [4.69, 9.17) is 0 Å². The first-order valence-electron chi connectivity index (χ1n) is 6.10. The van der Waals surface area contributed by atoms with Crippen LogP contribution >= 0.6 is 0 Å². The van der Waals surface area contributed by atoms with E-state index >= 15 is 0 Å². The van der Waals surface area contributed by atoms with Crippen molar-refractivity contribution in [3.05, 3.63) is 28.2 Å². The monoisotopic (exact) mass is 235 g/mol. The summed E-state index contributed by atoms with van der Waals surface area (Å²) in [4.78, 5) is 25.2. The summed E-state index contributed by atoms with van der Waals surface area (Å²) in [5.41, 5.74) is 0.235. The largest absolute Gasteiger partial charge is 0.337 e. The Morgan fingerprint density at radius 1 is 1.41 bits per heavy atom. The lowest BCUT2D eigenvalue weighted by Crippen LogP contribution is -2.43. The van der Waals surface area contributed by atoms with Crippen LogP contribution in [0.1, 0.15) is 36.7 Å². The second kappa shape index (κ2) is 5.12. The van der Waals surface area contributed by atoms with Crippen LogP contribution < -0.4 is 5.56 Å². The van der Waals surface area contributed by atoms with Crippen LogP contribution in [-0.2, 0) is 6.54 Å². The first kappa shape index (κ1) is 11.8. The molecule has 0 spiro atoms. The standard InChI is InChI=1S/C12H17N3O2/c1-2-3-9-15-11(16)6-5-10(13-15)12(17)14-7-4-8-14/h5-6H,2-4,7-9H2,1H3. The molecule has 0 bridgehead atoms. The number of aromatic nitrogens is 2. The number of rotatable bonds is 4. The van der Waals surface area contributed by atoms with Gasteiger partial charge in [0.25, 0.3) is 11.5 Å². The van der Waals surface area contributed by atoms with E-state index < -0.39 is 0 Å². The zero-order valence-corrected chi connectivity index (χ0v) is 10.1. The summed E-state index contributed by atoms with van der Waals surface area (Å²) in [6, 6.07) is 2.95. The molecule has 1 amide bonds. The van der Waals surface area contributed by atoms with Crippen LogP contribution in [0.25, 0.3) is 0 Å². The summed E-state index contributed by atoms with van der Waals surface area (Å²) in [5, 5.41) is 4.13. The number of amides is 1. The van der Waals surface area contributed by atoms with Crippen molar-refractivity contribution in [3.8, 4) is 0 Å². The molecule has 1 aliphatic rings. The average molecular weight is 235 g/mol. The fourth-order valence-corrected chi connectivity index (χ4v) is 1.71. The van der Waals surface area contributed by atoms with E-state index in [0.717, 1.165) is 32.4 Å². The molecule has 0 saturated carbocycles. The molecule has 0 aromatic carbocycles. The maximum atomic E-state index is 11.9. The Bertz CT molecular complexity index is 463. The summed E-state index contributed by atoms with van der Waals surface area (Å²) in [7, 11) is 0. The number of nitrogens with zero attached hydrogens (tertiary/aromatic N) is 3. The molecule has 92 valence electrons. The summed E-state index contributed by atoms with van der Waals surface area (Å²) in [5.74, 6) is -0.0681. The zero-order valence-electron chi connectivity index (χ0n) is 10.1. The lowest BCUT2D eigenvalue weighted by molar-refractivity contribution is 0.0642. The van der Waals surface area contributed by atoms with Crippen molar-refractivity contribution in [1.82, 2.24) is 14.7 Å². The van der Waals surface area contributed by atoms with E-state index in [-0.39, 0.29) is 11.5 Å². The van der Waals surface area contributed by atoms with Crippen LogP contribution in [0.2, 0.25) is 0 Å². The number of carbonyl (C=O) groups excluding carboxylic acids is 1. The lowest BCUT2D eigenvalue weighted by atomic mass is 10.2. The highest BCUT2D eigenvalue weighted by Gasteiger charge is 2.23. The van der Waals surface area contributed by atoms with Crippen LogP contribution in [0.15, 0.2) is 16.9 Å². The van der Waals surface area contributed by atoms with Gasteiger partial charge in [0, 0.05) is 25.7 Å². The first-order chi connectivity index (χ1) is 8.22. The molecule has 5 nitrogen and oxygen atoms in total. The molecule has 0 unspecified atom stereocenters. The number of hydrogen-bond donors (Lipinski definition) is 0. The van der Waals surface area contributed by atoms with Gasteiger partial charge in [-0.15, -0.1) is 0 Å². The van der Waals surface area contributed by atoms with E-state index in [9.17, 15) is 9.59 Å². The van der Waals surface area contributed by atoms with Gasteiger partial charge in [-0.05, 0) is 18.9 Å². The van der Waals surface area contributed by atoms with Crippen molar-refractivity contribution in [2.45, 2.75) is 32.7 Å². The fourth-order valence-electron chi connectivity index (χ4n) is 1.71. The van der Waals surface area contributed by atoms with Gasteiger partial charge in [0.2, 0.25) is 0 Å². The van der Waals surface area contributed by atoms with Gasteiger partial charge in [-0.2, -0.15) is 5.10 Å². The highest BCUT2D eigenvalue weighted by atomic mass is 16.2. The Hall–Kier alpha value is -1.65. The normalized spacial score (nSPS) is 14.5. The first-order valence-corrected chi connectivity index (χ1v) is 6.10. The van der Waals surface area contributed by atoms with Gasteiger partial charge in [0.15, 0.2) is 0 Å². The van der Waals surface area contributed by atoms with Crippen LogP contribution in [-0.4, -0.2) is 33.7 Å². The van der Waals surface area contributed by atoms with E-state index in [1.54, 1.807) is 4.90 Å². The van der Waals surface area contributed by atoms with Gasteiger partial charge in [-0.3, -0.25) is 9.59 Å². The van der Waals surface area contributed by atoms with Crippen molar-refractivity contribution >= 4 is 5.91 Å². The highest BCUT2D eigenvalue weighted by molar-refractivity contribution is 5.92. The third-order valence-electron chi connectivity index (χ3n) is 2.95. The summed E-state index contributed by atoms with van der Waals surface area (Å²) < 4.78 is 1.39. The second-order valence-corrected chi connectivity index (χ2v) is 4.28. The molecule has 1 fully saturated rings. The van der Waals surface area contributed by atoms with Crippen LogP contribution in [0.5, 0.6) is 0 Å². The molecule has 0 N–H and O–H groups in total. The number of hydrogen-bond acceptors (Lipinski definition) is 3. The predicted octanol–water partition coefficient (Wildman–Crippen LogP) is 0.889.